The fourth-order valence-corrected chi connectivity index (χ4v) is 2.53. The molecule has 0 aliphatic rings. The van der Waals surface area contributed by atoms with Crippen LogP contribution in [0.15, 0.2) is 53.6 Å². The molecule has 0 aliphatic heterocycles. The molecule has 0 atom stereocenters. The van der Waals surface area contributed by atoms with E-state index in [4.69, 9.17) is 5.26 Å². The predicted octanol–water partition coefficient (Wildman–Crippen LogP) is 1.43. The van der Waals surface area contributed by atoms with E-state index in [9.17, 15) is 8.42 Å². The van der Waals surface area contributed by atoms with Crippen LogP contribution in [-0.2, 0) is 16.6 Å². The highest BCUT2D eigenvalue weighted by Gasteiger charge is 2.14. The highest BCUT2D eigenvalue weighted by molar-refractivity contribution is 7.89. The Morgan fingerprint density at radius 3 is 2.74 bits per heavy atom. The molecule has 0 saturated carbocycles. The van der Waals surface area contributed by atoms with Gasteiger partial charge in [-0.1, -0.05) is 12.1 Å². The van der Waals surface area contributed by atoms with E-state index in [1.54, 1.807) is 30.5 Å². The van der Waals surface area contributed by atoms with Crippen molar-refractivity contribution >= 4 is 10.0 Å². The maximum atomic E-state index is 12.0. The Balaban J connectivity index is 2.17. The van der Waals surface area contributed by atoms with Crippen molar-refractivity contribution in [3.63, 3.8) is 0 Å². The zero-order valence-electron chi connectivity index (χ0n) is 9.95. The molecule has 0 spiro atoms. The molecule has 6 heteroatoms. The molecule has 0 aliphatic carbocycles. The van der Waals surface area contributed by atoms with Crippen LogP contribution in [-0.4, -0.2) is 13.4 Å². The Labute approximate surface area is 111 Å². The van der Waals surface area contributed by atoms with Crippen LogP contribution < -0.4 is 4.72 Å². The number of nitrogens with zero attached hydrogens (tertiary/aromatic N) is 2. The fraction of sp³-hybridized carbons (Fsp3) is 0.0769. The number of rotatable bonds is 4. The van der Waals surface area contributed by atoms with Crippen LogP contribution in [0.4, 0.5) is 0 Å². The second-order valence-corrected chi connectivity index (χ2v) is 5.55. The molecule has 96 valence electrons. The standard InChI is InChI=1S/C13H11N3O2S/c14-9-11-4-3-6-13(8-11)19(17,18)16-10-12-5-1-2-7-15-12/h1-8,16H,10H2. The second kappa shape index (κ2) is 5.61. The Bertz CT molecular complexity index is 706. The van der Waals surface area contributed by atoms with Crippen LogP contribution >= 0.6 is 0 Å². The van der Waals surface area contributed by atoms with Gasteiger partial charge < -0.3 is 0 Å². The van der Waals surface area contributed by atoms with Crippen molar-refractivity contribution in [1.82, 2.24) is 9.71 Å². The van der Waals surface area contributed by atoms with Gasteiger partial charge in [0.15, 0.2) is 0 Å². The van der Waals surface area contributed by atoms with Gasteiger partial charge in [-0.2, -0.15) is 5.26 Å². The summed E-state index contributed by atoms with van der Waals surface area (Å²) < 4.78 is 26.5. The van der Waals surface area contributed by atoms with Crippen molar-refractivity contribution in [2.24, 2.45) is 0 Å². The van der Waals surface area contributed by atoms with E-state index in [2.05, 4.69) is 9.71 Å². The Morgan fingerprint density at radius 1 is 1.21 bits per heavy atom. The molecule has 1 aromatic heterocycles. The van der Waals surface area contributed by atoms with Gasteiger partial charge in [0.1, 0.15) is 0 Å². The average Bonchev–Trinajstić information content (AvgIpc) is 2.46. The molecule has 0 bridgehead atoms. The summed E-state index contributed by atoms with van der Waals surface area (Å²) in [4.78, 5) is 4.10. The highest BCUT2D eigenvalue weighted by atomic mass is 32.2. The molecule has 0 amide bonds. The van der Waals surface area contributed by atoms with Crippen molar-refractivity contribution in [2.75, 3.05) is 0 Å². The normalized spacial score (nSPS) is 10.9. The van der Waals surface area contributed by atoms with Gasteiger partial charge in [0.25, 0.3) is 0 Å². The van der Waals surface area contributed by atoms with Gasteiger partial charge in [-0.3, -0.25) is 4.98 Å². The summed E-state index contributed by atoms with van der Waals surface area (Å²) in [5, 5.41) is 8.76. The third-order valence-corrected chi connectivity index (χ3v) is 3.84. The number of aromatic nitrogens is 1. The number of benzene rings is 1. The molecule has 1 aromatic carbocycles. The topological polar surface area (TPSA) is 82.8 Å². The van der Waals surface area contributed by atoms with Crippen LogP contribution in [0.2, 0.25) is 0 Å². The van der Waals surface area contributed by atoms with Gasteiger partial charge >= 0.3 is 0 Å². The van der Waals surface area contributed by atoms with E-state index >= 15 is 0 Å². The smallest absolute Gasteiger partial charge is 0.240 e. The van der Waals surface area contributed by atoms with Crippen LogP contribution in [0.25, 0.3) is 0 Å². The lowest BCUT2D eigenvalue weighted by molar-refractivity contribution is 0.580. The van der Waals surface area contributed by atoms with E-state index in [-0.39, 0.29) is 11.4 Å². The van der Waals surface area contributed by atoms with Crippen LogP contribution in [0.5, 0.6) is 0 Å². The lowest BCUT2D eigenvalue weighted by Gasteiger charge is -2.06. The third kappa shape index (κ3) is 3.37. The third-order valence-electron chi connectivity index (χ3n) is 2.44. The Kier molecular flexibility index (Phi) is 3.90. The van der Waals surface area contributed by atoms with Gasteiger partial charge in [0.2, 0.25) is 10.0 Å². The van der Waals surface area contributed by atoms with Gasteiger partial charge in [0.05, 0.1) is 28.8 Å². The van der Waals surface area contributed by atoms with Crippen LogP contribution in [0.1, 0.15) is 11.3 Å². The summed E-state index contributed by atoms with van der Waals surface area (Å²) in [6.45, 7) is 0.111. The molecule has 2 rings (SSSR count). The lowest BCUT2D eigenvalue weighted by Crippen LogP contribution is -2.23. The Hall–Kier alpha value is -2.23. The molecular formula is C13H11N3O2S. The average molecular weight is 273 g/mol. The summed E-state index contributed by atoms with van der Waals surface area (Å²) in [6, 6.07) is 13.1. The molecule has 0 radical (unpaired) electrons. The maximum Gasteiger partial charge on any atom is 0.240 e. The number of hydrogen-bond acceptors (Lipinski definition) is 4. The van der Waals surface area contributed by atoms with E-state index in [0.29, 0.717) is 11.3 Å². The lowest BCUT2D eigenvalue weighted by atomic mass is 10.2. The SMILES string of the molecule is N#Cc1cccc(S(=O)(=O)NCc2ccccn2)c1. The zero-order chi connectivity index (χ0) is 13.7. The summed E-state index contributed by atoms with van der Waals surface area (Å²) in [7, 11) is -3.63. The first-order chi connectivity index (χ1) is 9.12. The molecule has 2 aromatic rings. The first kappa shape index (κ1) is 13.2. The quantitative estimate of drug-likeness (QED) is 0.913. The zero-order valence-corrected chi connectivity index (χ0v) is 10.8. The van der Waals surface area contributed by atoms with Crippen molar-refractivity contribution in [3.05, 3.63) is 59.9 Å². The number of sulfonamides is 1. The molecular weight excluding hydrogens is 262 g/mol. The van der Waals surface area contributed by atoms with E-state index in [1.807, 2.05) is 6.07 Å². The molecule has 19 heavy (non-hydrogen) atoms. The summed E-state index contributed by atoms with van der Waals surface area (Å²) in [5.41, 5.74) is 0.934. The van der Waals surface area contributed by atoms with Crippen LogP contribution in [0.3, 0.4) is 0 Å². The number of nitriles is 1. The summed E-state index contributed by atoms with van der Waals surface area (Å²) >= 11 is 0. The van der Waals surface area contributed by atoms with Crippen molar-refractivity contribution in [3.8, 4) is 6.07 Å². The van der Waals surface area contributed by atoms with Crippen molar-refractivity contribution < 1.29 is 8.42 Å². The summed E-state index contributed by atoms with van der Waals surface area (Å²) in [5.74, 6) is 0. The van der Waals surface area contributed by atoms with Gasteiger partial charge in [-0.25, -0.2) is 13.1 Å². The molecule has 5 nitrogen and oxygen atoms in total. The van der Waals surface area contributed by atoms with E-state index in [1.165, 1.54) is 18.2 Å². The molecule has 1 N–H and O–H groups in total. The Morgan fingerprint density at radius 2 is 2.05 bits per heavy atom. The van der Waals surface area contributed by atoms with Gasteiger partial charge in [0, 0.05) is 6.20 Å². The number of nitrogens with one attached hydrogen (secondary N) is 1. The summed E-state index contributed by atoms with van der Waals surface area (Å²) in [6.07, 6.45) is 1.60. The molecule has 0 saturated heterocycles. The first-order valence-electron chi connectivity index (χ1n) is 5.51. The minimum Gasteiger partial charge on any atom is -0.260 e. The van der Waals surface area contributed by atoms with Crippen molar-refractivity contribution in [1.29, 1.82) is 5.26 Å². The fourth-order valence-electron chi connectivity index (χ4n) is 1.49. The van der Waals surface area contributed by atoms with Gasteiger partial charge in [-0.05, 0) is 30.3 Å². The predicted molar refractivity (Wildman–Crippen MR) is 69.4 cm³/mol. The van der Waals surface area contributed by atoms with Crippen LogP contribution in [0, 0.1) is 11.3 Å². The second-order valence-electron chi connectivity index (χ2n) is 3.79. The van der Waals surface area contributed by atoms with E-state index < -0.39 is 10.0 Å². The minimum absolute atomic E-state index is 0.0717. The monoisotopic (exact) mass is 273 g/mol. The first-order valence-corrected chi connectivity index (χ1v) is 7.00. The minimum atomic E-state index is -3.63. The van der Waals surface area contributed by atoms with Gasteiger partial charge in [-0.15, -0.1) is 0 Å². The largest absolute Gasteiger partial charge is 0.260 e. The number of hydrogen-bond donors (Lipinski definition) is 1. The highest BCUT2D eigenvalue weighted by Crippen LogP contribution is 2.11. The molecule has 0 fully saturated rings. The van der Waals surface area contributed by atoms with Crippen molar-refractivity contribution in [2.45, 2.75) is 11.4 Å². The van der Waals surface area contributed by atoms with E-state index in [0.717, 1.165) is 0 Å². The number of pyridine rings is 1. The maximum absolute atomic E-state index is 12.0. The molecule has 0 unspecified atom stereocenters. The molecule has 1 heterocycles.